The van der Waals surface area contributed by atoms with E-state index < -0.39 is 0 Å². The van der Waals surface area contributed by atoms with Gasteiger partial charge in [0.15, 0.2) is 0 Å². The van der Waals surface area contributed by atoms with E-state index in [9.17, 15) is 0 Å². The van der Waals surface area contributed by atoms with Crippen molar-refractivity contribution < 1.29 is 4.74 Å². The van der Waals surface area contributed by atoms with Gasteiger partial charge in [-0.1, -0.05) is 24.6 Å². The van der Waals surface area contributed by atoms with Crippen LogP contribution in [-0.2, 0) is 6.42 Å². The van der Waals surface area contributed by atoms with Crippen LogP contribution in [0.5, 0.6) is 11.6 Å². The zero-order chi connectivity index (χ0) is 14.5. The minimum Gasteiger partial charge on any atom is -0.439 e. The van der Waals surface area contributed by atoms with Gasteiger partial charge in [0.25, 0.3) is 0 Å². The van der Waals surface area contributed by atoms with Crippen LogP contribution in [0.25, 0.3) is 0 Å². The number of nitrogens with zero attached hydrogens (tertiary/aromatic N) is 3. The average Bonchev–Trinajstić information content (AvgIpc) is 2.45. The lowest BCUT2D eigenvalue weighted by Crippen LogP contribution is -2.01. The number of rotatable bonds is 4. The fraction of sp³-hybridized carbons (Fsp3) is 0.267. The molecular formula is C15H14ClN3O. The van der Waals surface area contributed by atoms with E-state index in [0.717, 1.165) is 12.8 Å². The predicted molar refractivity (Wildman–Crippen MR) is 77.0 cm³/mol. The van der Waals surface area contributed by atoms with Crippen molar-refractivity contribution in [2.24, 2.45) is 0 Å². The molecule has 2 aromatic rings. The van der Waals surface area contributed by atoms with E-state index in [1.165, 1.54) is 0 Å². The molecule has 0 atom stereocenters. The highest BCUT2D eigenvalue weighted by Gasteiger charge is 2.11. The van der Waals surface area contributed by atoms with Gasteiger partial charge in [0, 0.05) is 12.0 Å². The van der Waals surface area contributed by atoms with Gasteiger partial charge in [-0.05, 0) is 31.5 Å². The lowest BCUT2D eigenvalue weighted by molar-refractivity contribution is 0.454. The quantitative estimate of drug-likeness (QED) is 0.796. The Labute approximate surface area is 123 Å². The maximum Gasteiger partial charge on any atom is 0.226 e. The summed E-state index contributed by atoms with van der Waals surface area (Å²) in [6.45, 7) is 3.86. The monoisotopic (exact) mass is 287 g/mol. The maximum absolute atomic E-state index is 8.89. The third kappa shape index (κ3) is 3.25. The zero-order valence-electron chi connectivity index (χ0n) is 11.4. The van der Waals surface area contributed by atoms with Crippen LogP contribution in [0.15, 0.2) is 24.3 Å². The van der Waals surface area contributed by atoms with Crippen LogP contribution >= 0.6 is 11.6 Å². The fourth-order valence-corrected chi connectivity index (χ4v) is 1.87. The molecule has 0 saturated carbocycles. The molecule has 0 amide bonds. The first-order chi connectivity index (χ1) is 9.63. The minimum absolute atomic E-state index is 0.398. The van der Waals surface area contributed by atoms with Gasteiger partial charge in [-0.3, -0.25) is 0 Å². The number of halogens is 1. The minimum atomic E-state index is 0.398. The summed E-state index contributed by atoms with van der Waals surface area (Å²) >= 11 is 6.10. The van der Waals surface area contributed by atoms with Gasteiger partial charge in [0.05, 0.1) is 11.6 Å². The predicted octanol–water partition coefficient (Wildman–Crippen LogP) is 4.05. The van der Waals surface area contributed by atoms with Crippen LogP contribution in [0.1, 0.15) is 30.3 Å². The molecule has 0 aliphatic rings. The third-order valence-corrected chi connectivity index (χ3v) is 3.11. The summed E-state index contributed by atoms with van der Waals surface area (Å²) < 4.78 is 5.73. The average molecular weight is 288 g/mol. The van der Waals surface area contributed by atoms with Gasteiger partial charge >= 0.3 is 0 Å². The Morgan fingerprint density at radius 3 is 2.85 bits per heavy atom. The Hall–Kier alpha value is -2.12. The van der Waals surface area contributed by atoms with Crippen molar-refractivity contribution in [2.45, 2.75) is 26.7 Å². The third-order valence-electron chi connectivity index (χ3n) is 2.74. The Bertz CT molecular complexity index is 665. The molecule has 0 unspecified atom stereocenters. The summed E-state index contributed by atoms with van der Waals surface area (Å²) in [4.78, 5) is 8.59. The maximum atomic E-state index is 8.89. The van der Waals surface area contributed by atoms with Crippen LogP contribution in [0.3, 0.4) is 0 Å². The van der Waals surface area contributed by atoms with Gasteiger partial charge in [-0.2, -0.15) is 10.2 Å². The summed E-state index contributed by atoms with van der Waals surface area (Å²) in [5, 5.41) is 9.29. The Morgan fingerprint density at radius 1 is 1.35 bits per heavy atom. The molecule has 2 rings (SSSR count). The lowest BCUT2D eigenvalue weighted by Gasteiger charge is -2.10. The molecule has 5 heteroatoms. The highest BCUT2D eigenvalue weighted by molar-refractivity contribution is 6.30. The van der Waals surface area contributed by atoms with Gasteiger partial charge in [0.1, 0.15) is 16.7 Å². The van der Waals surface area contributed by atoms with E-state index in [2.05, 4.69) is 16.0 Å². The molecule has 20 heavy (non-hydrogen) atoms. The topological polar surface area (TPSA) is 58.8 Å². The smallest absolute Gasteiger partial charge is 0.226 e. The molecule has 0 aliphatic heterocycles. The van der Waals surface area contributed by atoms with Crippen molar-refractivity contribution in [1.29, 1.82) is 5.26 Å². The Morgan fingerprint density at radius 2 is 2.15 bits per heavy atom. The number of benzene rings is 1. The molecule has 1 aromatic carbocycles. The summed E-state index contributed by atoms with van der Waals surface area (Å²) in [5.41, 5.74) is 1.22. The molecule has 0 aliphatic carbocycles. The summed E-state index contributed by atoms with van der Waals surface area (Å²) in [5.74, 6) is 1.66. The highest BCUT2D eigenvalue weighted by atomic mass is 35.5. The Balaban J connectivity index is 2.34. The molecular weight excluding hydrogens is 274 g/mol. The molecule has 0 N–H and O–H groups in total. The second-order valence-corrected chi connectivity index (χ2v) is 4.71. The van der Waals surface area contributed by atoms with Crippen LogP contribution in [-0.4, -0.2) is 9.97 Å². The van der Waals surface area contributed by atoms with E-state index >= 15 is 0 Å². The van der Waals surface area contributed by atoms with E-state index in [1.807, 2.05) is 13.8 Å². The van der Waals surface area contributed by atoms with Crippen LogP contribution in [0, 0.1) is 18.3 Å². The van der Waals surface area contributed by atoms with E-state index in [-0.39, 0.29) is 0 Å². The van der Waals surface area contributed by atoms with E-state index in [4.69, 9.17) is 21.6 Å². The molecule has 0 spiro atoms. The van der Waals surface area contributed by atoms with Crippen LogP contribution in [0.4, 0.5) is 0 Å². The second-order valence-electron chi connectivity index (χ2n) is 4.35. The van der Waals surface area contributed by atoms with Gasteiger partial charge < -0.3 is 4.74 Å². The summed E-state index contributed by atoms with van der Waals surface area (Å²) in [6.07, 6.45) is 1.68. The number of aryl methyl sites for hydroxylation is 1. The molecule has 0 fully saturated rings. The van der Waals surface area contributed by atoms with Crippen LogP contribution in [0.2, 0.25) is 5.15 Å². The number of hydrogen-bond acceptors (Lipinski definition) is 4. The first-order valence-corrected chi connectivity index (χ1v) is 6.73. The Kier molecular flexibility index (Phi) is 4.54. The highest BCUT2D eigenvalue weighted by Crippen LogP contribution is 2.27. The summed E-state index contributed by atoms with van der Waals surface area (Å²) in [6, 6.07) is 8.99. The molecule has 1 aromatic heterocycles. The number of nitriles is 1. The van der Waals surface area contributed by atoms with Crippen molar-refractivity contribution in [1.82, 2.24) is 9.97 Å². The van der Waals surface area contributed by atoms with Gasteiger partial charge in [0.2, 0.25) is 5.88 Å². The van der Waals surface area contributed by atoms with Crippen molar-refractivity contribution >= 4 is 11.6 Å². The van der Waals surface area contributed by atoms with Crippen molar-refractivity contribution in [3.63, 3.8) is 0 Å². The molecule has 1 heterocycles. The molecule has 0 radical (unpaired) electrons. The standard InChI is InChI=1S/C15H14ClN3O/c1-3-5-13-18-14(16)10(2)15(19-13)20-12-7-4-6-11(8-12)9-17/h4,6-8H,3,5H2,1-2H3. The van der Waals surface area contributed by atoms with Gasteiger partial charge in [-0.15, -0.1) is 0 Å². The number of aromatic nitrogens is 2. The first kappa shape index (κ1) is 14.3. The van der Waals surface area contributed by atoms with Gasteiger partial charge in [-0.25, -0.2) is 4.98 Å². The first-order valence-electron chi connectivity index (χ1n) is 6.35. The van der Waals surface area contributed by atoms with E-state index in [1.54, 1.807) is 24.3 Å². The SMILES string of the molecule is CCCc1nc(Cl)c(C)c(Oc2cccc(C#N)c2)n1. The molecule has 4 nitrogen and oxygen atoms in total. The number of ether oxygens (including phenoxy) is 1. The summed E-state index contributed by atoms with van der Waals surface area (Å²) in [7, 11) is 0. The zero-order valence-corrected chi connectivity index (χ0v) is 12.1. The molecule has 0 bridgehead atoms. The number of hydrogen-bond donors (Lipinski definition) is 0. The van der Waals surface area contributed by atoms with Crippen molar-refractivity contribution in [3.05, 3.63) is 46.4 Å². The van der Waals surface area contributed by atoms with E-state index in [0.29, 0.717) is 33.7 Å². The fourth-order valence-electron chi connectivity index (χ4n) is 1.69. The van der Waals surface area contributed by atoms with Crippen molar-refractivity contribution in [2.75, 3.05) is 0 Å². The largest absolute Gasteiger partial charge is 0.439 e. The van der Waals surface area contributed by atoms with Crippen molar-refractivity contribution in [3.8, 4) is 17.7 Å². The second kappa shape index (κ2) is 6.36. The lowest BCUT2D eigenvalue weighted by atomic mass is 10.2. The van der Waals surface area contributed by atoms with Crippen LogP contribution < -0.4 is 4.74 Å². The molecule has 0 saturated heterocycles. The normalized spacial score (nSPS) is 10.1. The molecule has 102 valence electrons.